The van der Waals surface area contributed by atoms with Crippen LogP contribution in [0, 0.1) is 0 Å². The Morgan fingerprint density at radius 2 is 2.07 bits per heavy atom. The lowest BCUT2D eigenvalue weighted by Gasteiger charge is -2.05. The summed E-state index contributed by atoms with van der Waals surface area (Å²) >= 11 is 12.1. The first-order valence-corrected chi connectivity index (χ1v) is 5.14. The smallest absolute Gasteiger partial charge is 0.138 e. The topological polar surface area (TPSA) is 12.9 Å². The van der Waals surface area contributed by atoms with Crippen molar-refractivity contribution in [3.8, 4) is 0 Å². The molecule has 0 unspecified atom stereocenters. The van der Waals surface area contributed by atoms with Crippen molar-refractivity contribution in [3.63, 3.8) is 0 Å². The molecule has 1 nitrogen and oxygen atoms in total. The monoisotopic (exact) mass is 235 g/mol. The van der Waals surface area contributed by atoms with Crippen LogP contribution in [0.15, 0.2) is 48.4 Å². The molecule has 74 valence electrons. The first kappa shape index (κ1) is 10.3. The van der Waals surface area contributed by atoms with Crippen LogP contribution in [0.5, 0.6) is 0 Å². The van der Waals surface area contributed by atoms with Gasteiger partial charge >= 0.3 is 0 Å². The van der Waals surface area contributed by atoms with Gasteiger partial charge in [0.2, 0.25) is 0 Å². The zero-order chi connectivity index (χ0) is 10.7. The van der Waals surface area contributed by atoms with Crippen LogP contribution in [0.3, 0.4) is 0 Å². The molecule has 0 radical (unpaired) electrons. The minimum Gasteiger partial charge on any atom is -0.244 e. The molecule has 0 spiro atoms. The summed E-state index contributed by atoms with van der Waals surface area (Å²) < 4.78 is 0. The molecule has 0 fully saturated rings. The third-order valence-electron chi connectivity index (χ3n) is 1.97. The number of hydrogen-bond acceptors (Lipinski definition) is 1. The molecule has 0 bridgehead atoms. The fraction of sp³-hybridized carbons (Fsp3) is 0. The zero-order valence-electron chi connectivity index (χ0n) is 7.74. The Hall–Kier alpha value is -1.27. The number of halogens is 2. The Morgan fingerprint density at radius 1 is 1.20 bits per heavy atom. The number of allylic oxidation sites excluding steroid dienone is 5. The second-order valence-electron chi connectivity index (χ2n) is 2.94. The van der Waals surface area contributed by atoms with Gasteiger partial charge in [-0.15, -0.1) is 5.73 Å². The van der Waals surface area contributed by atoms with E-state index in [0.717, 1.165) is 11.1 Å². The summed E-state index contributed by atoms with van der Waals surface area (Å²) in [5.74, 6) is 0. The molecular weight excluding hydrogens is 229 g/mol. The SMILES string of the molecule is Clc1ccnc(Cl)c1C1=CC=C=CC=C1. The Morgan fingerprint density at radius 3 is 2.87 bits per heavy atom. The predicted octanol–water partition coefficient (Wildman–Crippen LogP) is 4.05. The molecule has 0 aliphatic heterocycles. The minimum absolute atomic E-state index is 0.411. The molecule has 1 heterocycles. The van der Waals surface area contributed by atoms with Crippen molar-refractivity contribution in [1.29, 1.82) is 0 Å². The maximum absolute atomic E-state index is 6.07. The predicted molar refractivity (Wildman–Crippen MR) is 64.0 cm³/mol. The zero-order valence-corrected chi connectivity index (χ0v) is 9.26. The van der Waals surface area contributed by atoms with Crippen molar-refractivity contribution in [1.82, 2.24) is 4.98 Å². The Balaban J connectivity index is 2.55. The van der Waals surface area contributed by atoms with Crippen LogP contribution in [-0.2, 0) is 0 Å². The molecule has 0 saturated heterocycles. The highest BCUT2D eigenvalue weighted by Gasteiger charge is 2.09. The average Bonchev–Trinajstić information content (AvgIpc) is 2.46. The number of pyridine rings is 1. The Labute approximate surface area is 98.0 Å². The van der Waals surface area contributed by atoms with E-state index in [4.69, 9.17) is 23.2 Å². The van der Waals surface area contributed by atoms with Gasteiger partial charge in [-0.25, -0.2) is 4.98 Å². The molecule has 0 saturated carbocycles. The molecular formula is C12H7Cl2N. The average molecular weight is 236 g/mol. The summed E-state index contributed by atoms with van der Waals surface area (Å²) in [5, 5.41) is 1.01. The second-order valence-corrected chi connectivity index (χ2v) is 3.70. The minimum atomic E-state index is 0.411. The van der Waals surface area contributed by atoms with Gasteiger partial charge in [-0.05, 0) is 29.9 Å². The first-order valence-electron chi connectivity index (χ1n) is 4.39. The van der Waals surface area contributed by atoms with Gasteiger partial charge in [0, 0.05) is 11.8 Å². The lowest BCUT2D eigenvalue weighted by molar-refractivity contribution is 1.31. The van der Waals surface area contributed by atoms with Crippen LogP contribution in [0.2, 0.25) is 10.2 Å². The third kappa shape index (κ3) is 2.21. The van der Waals surface area contributed by atoms with Crippen LogP contribution in [0.25, 0.3) is 5.57 Å². The normalized spacial score (nSPS) is 13.9. The van der Waals surface area contributed by atoms with Crippen molar-refractivity contribution < 1.29 is 0 Å². The van der Waals surface area contributed by atoms with Gasteiger partial charge in [0.15, 0.2) is 0 Å². The molecule has 0 N–H and O–H groups in total. The molecule has 1 aliphatic carbocycles. The van der Waals surface area contributed by atoms with E-state index in [2.05, 4.69) is 10.7 Å². The lowest BCUT2D eigenvalue weighted by atomic mass is 10.1. The van der Waals surface area contributed by atoms with Gasteiger partial charge in [-0.2, -0.15) is 0 Å². The number of nitrogens with zero attached hydrogens (tertiary/aromatic N) is 1. The van der Waals surface area contributed by atoms with Gasteiger partial charge in [0.25, 0.3) is 0 Å². The molecule has 1 aliphatic rings. The van der Waals surface area contributed by atoms with E-state index >= 15 is 0 Å². The Bertz CT molecular complexity index is 486. The highest BCUT2D eigenvalue weighted by Crippen LogP contribution is 2.30. The molecule has 0 aromatic carbocycles. The fourth-order valence-corrected chi connectivity index (χ4v) is 1.87. The van der Waals surface area contributed by atoms with E-state index in [1.807, 2.05) is 30.4 Å². The molecule has 1 aromatic rings. The quantitative estimate of drug-likeness (QED) is 0.529. The molecule has 0 amide bonds. The van der Waals surface area contributed by atoms with E-state index < -0.39 is 0 Å². The largest absolute Gasteiger partial charge is 0.244 e. The fourth-order valence-electron chi connectivity index (χ4n) is 1.29. The summed E-state index contributed by atoms with van der Waals surface area (Å²) in [4.78, 5) is 4.01. The summed E-state index contributed by atoms with van der Waals surface area (Å²) in [7, 11) is 0. The maximum atomic E-state index is 6.07. The maximum Gasteiger partial charge on any atom is 0.138 e. The van der Waals surface area contributed by atoms with Crippen molar-refractivity contribution in [3.05, 3.63) is 64.1 Å². The number of rotatable bonds is 1. The van der Waals surface area contributed by atoms with E-state index in [9.17, 15) is 0 Å². The Kier molecular flexibility index (Phi) is 3.08. The molecule has 1 aromatic heterocycles. The van der Waals surface area contributed by atoms with Gasteiger partial charge in [0.1, 0.15) is 5.15 Å². The van der Waals surface area contributed by atoms with E-state index in [1.54, 1.807) is 12.3 Å². The molecule has 3 heteroatoms. The summed E-state index contributed by atoms with van der Waals surface area (Å²) in [6.07, 6.45) is 10.9. The number of hydrogen-bond donors (Lipinski definition) is 0. The highest BCUT2D eigenvalue weighted by molar-refractivity contribution is 6.37. The molecule has 15 heavy (non-hydrogen) atoms. The number of aromatic nitrogens is 1. The van der Waals surface area contributed by atoms with Crippen molar-refractivity contribution in [2.45, 2.75) is 0 Å². The van der Waals surface area contributed by atoms with Crippen LogP contribution >= 0.6 is 23.2 Å². The van der Waals surface area contributed by atoms with Gasteiger partial charge in [-0.3, -0.25) is 0 Å². The van der Waals surface area contributed by atoms with Crippen LogP contribution in [0.1, 0.15) is 5.56 Å². The van der Waals surface area contributed by atoms with Crippen molar-refractivity contribution in [2.75, 3.05) is 0 Å². The van der Waals surface area contributed by atoms with Crippen molar-refractivity contribution >= 4 is 28.8 Å². The molecule has 0 atom stereocenters. The summed E-state index contributed by atoms with van der Waals surface area (Å²) in [5.41, 5.74) is 4.65. The van der Waals surface area contributed by atoms with Crippen LogP contribution in [0.4, 0.5) is 0 Å². The van der Waals surface area contributed by atoms with E-state index in [0.29, 0.717) is 10.2 Å². The van der Waals surface area contributed by atoms with Gasteiger partial charge in [0.05, 0.1) is 5.02 Å². The highest BCUT2D eigenvalue weighted by atomic mass is 35.5. The van der Waals surface area contributed by atoms with E-state index in [1.165, 1.54) is 0 Å². The van der Waals surface area contributed by atoms with Gasteiger partial charge in [-0.1, -0.05) is 35.4 Å². The third-order valence-corrected chi connectivity index (χ3v) is 2.57. The molecule has 2 rings (SSSR count). The van der Waals surface area contributed by atoms with Crippen LogP contribution < -0.4 is 0 Å². The first-order chi connectivity index (χ1) is 7.29. The summed E-state index contributed by atoms with van der Waals surface area (Å²) in [6, 6.07) is 1.72. The second kappa shape index (κ2) is 4.50. The van der Waals surface area contributed by atoms with Crippen molar-refractivity contribution in [2.24, 2.45) is 0 Å². The van der Waals surface area contributed by atoms with Crippen LogP contribution in [-0.4, -0.2) is 4.98 Å². The standard InChI is InChI=1S/C12H7Cl2N/c13-10-7-8-15-12(14)11(10)9-5-3-1-2-4-6-9/h1,3-8H. The summed E-state index contributed by atoms with van der Waals surface area (Å²) in [6.45, 7) is 0. The van der Waals surface area contributed by atoms with Gasteiger partial charge < -0.3 is 0 Å². The van der Waals surface area contributed by atoms with E-state index in [-0.39, 0.29) is 0 Å². The lowest BCUT2D eigenvalue weighted by Crippen LogP contribution is -1.87.